The Morgan fingerprint density at radius 1 is 2.00 bits per heavy atom. The number of rotatable bonds is 2. The third-order valence-corrected chi connectivity index (χ3v) is 0.989. The van der Waals surface area contributed by atoms with Crippen LogP contribution in [0.1, 0.15) is 0 Å². The summed E-state index contributed by atoms with van der Waals surface area (Å²) in [7, 11) is -2.20. The summed E-state index contributed by atoms with van der Waals surface area (Å²) in [6.45, 7) is 0. The first-order valence-corrected chi connectivity index (χ1v) is 4.28. The standard InChI is InChI=1S/CH5NO3S3/c1-2(6)5-8(3,4)7/h6H,1H3,(H,3,4,7). The molecule has 0 aromatic carbocycles. The first-order chi connectivity index (χ1) is 3.42. The molecule has 1 atom stereocenters. The van der Waals surface area contributed by atoms with Gasteiger partial charge in [-0.25, -0.2) is 0 Å². The van der Waals surface area contributed by atoms with Crippen LogP contribution in [-0.2, 0) is 24.5 Å². The summed E-state index contributed by atoms with van der Waals surface area (Å²) in [5.74, 6) is 0. The molecule has 1 N–H and O–H groups in total. The van der Waals surface area contributed by atoms with E-state index in [-0.39, 0.29) is 0 Å². The summed E-state index contributed by atoms with van der Waals surface area (Å²) in [6.07, 6.45) is 0. The van der Waals surface area contributed by atoms with Crippen LogP contribution < -0.4 is 0 Å². The molecule has 8 heavy (non-hydrogen) atoms. The average molecular weight is 175 g/mol. The molecule has 0 saturated heterocycles. The van der Waals surface area contributed by atoms with Gasteiger partial charge in [0.05, 0.1) is 0 Å². The maximum atomic E-state index is 10.1. The number of hydroxylamine groups is 1. The lowest BCUT2D eigenvalue weighted by atomic mass is 11.6. The largest absolute Gasteiger partial charge is 0.284 e. The van der Waals surface area contributed by atoms with Gasteiger partial charge in [-0.05, 0) is 0 Å². The molecule has 0 bridgehead atoms. The Hall–Kier alpha value is 0.600. The zero-order chi connectivity index (χ0) is 6.78. The molecule has 0 saturated carbocycles. The quantitative estimate of drug-likeness (QED) is 0.451. The second kappa shape index (κ2) is 2.95. The molecule has 0 aliphatic carbocycles. The SMILES string of the molecule is CN(S)OS(=O)(O)=S. The van der Waals surface area contributed by atoms with E-state index in [0.717, 1.165) is 4.47 Å². The Morgan fingerprint density at radius 3 is 2.38 bits per heavy atom. The molecule has 4 nitrogen and oxygen atoms in total. The molecule has 0 radical (unpaired) electrons. The van der Waals surface area contributed by atoms with Crippen LogP contribution >= 0.6 is 12.8 Å². The minimum absolute atomic E-state index is 0.773. The van der Waals surface area contributed by atoms with E-state index < -0.39 is 9.05 Å². The van der Waals surface area contributed by atoms with Gasteiger partial charge in [0.25, 0.3) is 9.05 Å². The minimum Gasteiger partial charge on any atom is -0.284 e. The predicted octanol–water partition coefficient (Wildman–Crippen LogP) is -0.171. The maximum absolute atomic E-state index is 10.1. The third-order valence-electron chi connectivity index (χ3n) is 0.202. The van der Waals surface area contributed by atoms with Crippen molar-refractivity contribution in [2.45, 2.75) is 0 Å². The molecule has 0 amide bonds. The Labute approximate surface area is 58.0 Å². The van der Waals surface area contributed by atoms with Crippen LogP contribution in [0.25, 0.3) is 0 Å². The third kappa shape index (κ3) is 6.60. The van der Waals surface area contributed by atoms with E-state index in [2.05, 4.69) is 28.3 Å². The van der Waals surface area contributed by atoms with E-state index >= 15 is 0 Å². The second-order valence-corrected chi connectivity index (χ2v) is 3.80. The Morgan fingerprint density at radius 2 is 2.38 bits per heavy atom. The normalized spacial score (nSPS) is 18.5. The fraction of sp³-hybridized carbons (Fsp3) is 1.00. The first-order valence-electron chi connectivity index (χ1n) is 1.51. The Balaban J connectivity index is 3.75. The van der Waals surface area contributed by atoms with E-state index in [4.69, 9.17) is 4.55 Å². The van der Waals surface area contributed by atoms with Crippen LogP contribution in [0.5, 0.6) is 0 Å². The molecule has 0 spiro atoms. The zero-order valence-corrected chi connectivity index (χ0v) is 6.50. The highest BCUT2D eigenvalue weighted by molar-refractivity contribution is 8.27. The van der Waals surface area contributed by atoms with Crippen molar-refractivity contribution in [3.05, 3.63) is 0 Å². The van der Waals surface area contributed by atoms with E-state index in [1.807, 2.05) is 0 Å². The first kappa shape index (κ1) is 8.60. The highest BCUT2D eigenvalue weighted by Crippen LogP contribution is 1.93. The lowest BCUT2D eigenvalue weighted by molar-refractivity contribution is 0.0873. The molecule has 0 fully saturated rings. The number of nitrogens with zero attached hydrogens (tertiary/aromatic N) is 1. The molecule has 0 aliphatic rings. The second-order valence-electron chi connectivity index (χ2n) is 0.966. The molecular weight excluding hydrogens is 170 g/mol. The zero-order valence-electron chi connectivity index (χ0n) is 3.97. The summed E-state index contributed by atoms with van der Waals surface area (Å²) in [5.41, 5.74) is 0. The molecular formula is CH5NO3S3. The fourth-order valence-corrected chi connectivity index (χ4v) is 1.09. The van der Waals surface area contributed by atoms with Gasteiger partial charge in [-0.15, -0.1) is 4.47 Å². The number of hydrogen-bond acceptors (Lipinski definition) is 5. The monoisotopic (exact) mass is 175 g/mol. The lowest BCUT2D eigenvalue weighted by Gasteiger charge is -2.04. The summed E-state index contributed by atoms with van der Waals surface area (Å²) in [4.78, 5) is 0. The maximum Gasteiger partial charge on any atom is 0.283 e. The van der Waals surface area contributed by atoms with Crippen LogP contribution in [0.3, 0.4) is 0 Å². The van der Waals surface area contributed by atoms with Crippen molar-refractivity contribution >= 4 is 33.1 Å². The van der Waals surface area contributed by atoms with E-state index in [1.54, 1.807) is 0 Å². The van der Waals surface area contributed by atoms with Crippen molar-refractivity contribution in [1.29, 1.82) is 0 Å². The molecule has 50 valence electrons. The summed E-state index contributed by atoms with van der Waals surface area (Å²) in [5, 5.41) is 0. The van der Waals surface area contributed by atoms with Gasteiger partial charge in [0.15, 0.2) is 0 Å². The minimum atomic E-state index is -3.54. The van der Waals surface area contributed by atoms with Crippen molar-refractivity contribution in [2.75, 3.05) is 7.05 Å². The van der Waals surface area contributed by atoms with E-state index in [1.165, 1.54) is 7.05 Å². The molecule has 7 heteroatoms. The lowest BCUT2D eigenvalue weighted by Crippen LogP contribution is -2.11. The van der Waals surface area contributed by atoms with Crippen molar-refractivity contribution in [3.8, 4) is 0 Å². The van der Waals surface area contributed by atoms with Crippen LogP contribution in [0.2, 0.25) is 0 Å². The summed E-state index contributed by atoms with van der Waals surface area (Å²) < 4.78 is 23.1. The van der Waals surface area contributed by atoms with Gasteiger partial charge in [-0.1, -0.05) is 12.8 Å². The highest BCUT2D eigenvalue weighted by atomic mass is 32.9. The van der Waals surface area contributed by atoms with Crippen LogP contribution in [0.15, 0.2) is 0 Å². The Bertz CT molecular complexity index is 148. The predicted molar refractivity (Wildman–Crippen MR) is 36.0 cm³/mol. The van der Waals surface area contributed by atoms with Crippen LogP contribution in [-0.4, -0.2) is 20.3 Å². The fourth-order valence-electron chi connectivity index (χ4n) is 0.136. The molecule has 0 heterocycles. The van der Waals surface area contributed by atoms with Gasteiger partial charge < -0.3 is 0 Å². The van der Waals surface area contributed by atoms with Gasteiger partial charge in [0, 0.05) is 18.2 Å². The van der Waals surface area contributed by atoms with Crippen molar-refractivity contribution < 1.29 is 13.0 Å². The number of thiol groups is 1. The molecule has 0 aromatic heterocycles. The summed E-state index contributed by atoms with van der Waals surface area (Å²) >= 11 is 7.43. The average Bonchev–Trinajstić information content (AvgIpc) is 1.21. The van der Waals surface area contributed by atoms with E-state index in [9.17, 15) is 4.21 Å². The molecule has 0 aromatic rings. The molecule has 0 aliphatic heterocycles. The molecule has 1 unspecified atom stereocenters. The van der Waals surface area contributed by atoms with Crippen molar-refractivity contribution in [1.82, 2.24) is 4.47 Å². The van der Waals surface area contributed by atoms with Gasteiger partial charge in [0.2, 0.25) is 0 Å². The topological polar surface area (TPSA) is 49.8 Å². The van der Waals surface area contributed by atoms with Gasteiger partial charge in [-0.3, -0.25) is 4.55 Å². The molecule has 0 rings (SSSR count). The van der Waals surface area contributed by atoms with Gasteiger partial charge >= 0.3 is 0 Å². The van der Waals surface area contributed by atoms with Crippen LogP contribution in [0, 0.1) is 0 Å². The van der Waals surface area contributed by atoms with Gasteiger partial charge in [0.1, 0.15) is 0 Å². The van der Waals surface area contributed by atoms with Gasteiger partial charge in [-0.2, -0.15) is 8.49 Å². The Kier molecular flexibility index (Phi) is 3.17. The summed E-state index contributed by atoms with van der Waals surface area (Å²) in [6, 6.07) is 0. The smallest absolute Gasteiger partial charge is 0.283 e. The number of hydrogen-bond donors (Lipinski definition) is 2. The highest BCUT2D eigenvalue weighted by Gasteiger charge is 2.00. The van der Waals surface area contributed by atoms with Crippen molar-refractivity contribution in [3.63, 3.8) is 0 Å². The van der Waals surface area contributed by atoms with Crippen molar-refractivity contribution in [2.24, 2.45) is 0 Å². The van der Waals surface area contributed by atoms with E-state index in [0.29, 0.717) is 0 Å². The van der Waals surface area contributed by atoms with Crippen LogP contribution in [0.4, 0.5) is 0 Å².